The first kappa shape index (κ1) is 32.2. The van der Waals surface area contributed by atoms with Crippen molar-refractivity contribution in [2.75, 3.05) is 44.7 Å². The first-order valence-electron chi connectivity index (χ1n) is 15.5. The lowest BCUT2D eigenvalue weighted by Crippen LogP contribution is -2.58. The first-order chi connectivity index (χ1) is 20.2. The molecule has 4 aliphatic heterocycles. The number of aryl methyl sites for hydroxylation is 1. The Morgan fingerprint density at radius 3 is 2.63 bits per heavy atom. The summed E-state index contributed by atoms with van der Waals surface area (Å²) < 4.78 is 12.0. The van der Waals surface area contributed by atoms with Crippen molar-refractivity contribution in [1.29, 1.82) is 0 Å². The Hall–Kier alpha value is -2.17. The van der Waals surface area contributed by atoms with Crippen LogP contribution in [-0.4, -0.2) is 90.7 Å². The minimum atomic E-state index is -1.17. The normalized spacial score (nSPS) is 35.0. The lowest BCUT2D eigenvalue weighted by molar-refractivity contribution is -0.141. The van der Waals surface area contributed by atoms with Crippen LogP contribution < -0.4 is 10.6 Å². The van der Waals surface area contributed by atoms with Crippen LogP contribution in [0.3, 0.4) is 0 Å². The van der Waals surface area contributed by atoms with Crippen LogP contribution in [0.5, 0.6) is 0 Å². The molecule has 8 atom stereocenters. The van der Waals surface area contributed by atoms with Gasteiger partial charge < -0.3 is 25.0 Å². The molecule has 1 aromatic carbocycles. The Bertz CT molecular complexity index is 1260. The maximum absolute atomic E-state index is 14.2. The minimum Gasteiger partial charge on any atom is -0.379 e. The molecule has 0 radical (unpaired) electrons. The monoisotopic (exact) mass is 634 g/mol. The van der Waals surface area contributed by atoms with Crippen LogP contribution in [0.4, 0.5) is 5.69 Å². The molecule has 236 valence electrons. The summed E-state index contributed by atoms with van der Waals surface area (Å²) in [5.41, 5.74) is 0.314. The fourth-order valence-corrected chi connectivity index (χ4v) is 7.92. The van der Waals surface area contributed by atoms with Gasteiger partial charge in [-0.2, -0.15) is 0 Å². The summed E-state index contributed by atoms with van der Waals surface area (Å²) in [6.07, 6.45) is 7.05. The largest absolute Gasteiger partial charge is 0.379 e. The molecule has 4 fully saturated rings. The molecule has 4 heterocycles. The number of carbonyl (C=O) groups excluding carboxylic acids is 3. The third-order valence-electron chi connectivity index (χ3n) is 10.4. The Balaban J connectivity index is 0.00000368. The van der Waals surface area contributed by atoms with Gasteiger partial charge in [0.2, 0.25) is 17.7 Å². The molecule has 6 unspecified atom stereocenters. The van der Waals surface area contributed by atoms with Crippen molar-refractivity contribution in [3.63, 3.8) is 0 Å². The van der Waals surface area contributed by atoms with E-state index in [0.717, 1.165) is 50.9 Å². The molecule has 43 heavy (non-hydrogen) atoms. The van der Waals surface area contributed by atoms with Gasteiger partial charge in [0.1, 0.15) is 11.6 Å². The van der Waals surface area contributed by atoms with Gasteiger partial charge >= 0.3 is 0 Å². The van der Waals surface area contributed by atoms with E-state index in [4.69, 9.17) is 21.1 Å². The number of benzene rings is 1. The number of nitrogens with one attached hydrogen (secondary N) is 2. The molecule has 3 amide bonds. The maximum Gasteiger partial charge on any atom is 0.246 e. The van der Waals surface area contributed by atoms with E-state index in [1.54, 1.807) is 17.0 Å². The van der Waals surface area contributed by atoms with Gasteiger partial charge in [-0.05, 0) is 49.3 Å². The van der Waals surface area contributed by atoms with E-state index in [0.29, 0.717) is 42.3 Å². The molecule has 1 spiro atoms. The van der Waals surface area contributed by atoms with Crippen LogP contribution in [0.2, 0.25) is 5.02 Å². The van der Waals surface area contributed by atoms with E-state index in [2.05, 4.69) is 29.4 Å². The van der Waals surface area contributed by atoms with Gasteiger partial charge in [0, 0.05) is 42.9 Å². The van der Waals surface area contributed by atoms with Gasteiger partial charge in [-0.3, -0.25) is 19.3 Å². The van der Waals surface area contributed by atoms with Crippen LogP contribution in [0, 0.1) is 30.6 Å². The number of morpholine rings is 1. The van der Waals surface area contributed by atoms with E-state index >= 15 is 0 Å². The van der Waals surface area contributed by atoms with Crippen LogP contribution in [0.15, 0.2) is 30.4 Å². The molecule has 11 heteroatoms. The van der Waals surface area contributed by atoms with Crippen LogP contribution in [-0.2, 0) is 23.9 Å². The van der Waals surface area contributed by atoms with E-state index in [1.807, 2.05) is 25.1 Å². The highest BCUT2D eigenvalue weighted by Gasteiger charge is 2.72. The first-order valence-corrected chi connectivity index (χ1v) is 15.9. The standard InChI is InChI=1S/C32H43ClN4O5.ClH/c1-19-6-4-7-24(21(19)3)35-30(39)28-32-11-10-25(42-32)26(29(38)34-22-9-8-20(2)23(33)18-22)27(32)31(40)37(28)13-5-12-36-14-16-41-17-15-36;/h8-11,18-19,21,24-28H,4-7,12-17H2,1-3H3,(H,34,38)(H,35,39);1H/t19?,21?,24?,25-,26?,27-,28?,32?;/m0./s1. The van der Waals surface area contributed by atoms with Crippen molar-refractivity contribution in [1.82, 2.24) is 15.1 Å². The van der Waals surface area contributed by atoms with E-state index < -0.39 is 29.6 Å². The third-order valence-corrected chi connectivity index (χ3v) is 10.8. The van der Waals surface area contributed by atoms with Gasteiger partial charge in [-0.15, -0.1) is 12.4 Å². The number of carbonyl (C=O) groups is 3. The summed E-state index contributed by atoms with van der Waals surface area (Å²) in [6, 6.07) is 4.59. The summed E-state index contributed by atoms with van der Waals surface area (Å²) in [6.45, 7) is 10.7. The Kier molecular flexibility index (Phi) is 9.78. The van der Waals surface area contributed by atoms with Gasteiger partial charge in [0.25, 0.3) is 0 Å². The summed E-state index contributed by atoms with van der Waals surface area (Å²) in [7, 11) is 0. The number of amides is 3. The predicted molar refractivity (Wildman–Crippen MR) is 167 cm³/mol. The van der Waals surface area contributed by atoms with Crippen molar-refractivity contribution in [3.05, 3.63) is 40.9 Å². The van der Waals surface area contributed by atoms with Crippen molar-refractivity contribution < 1.29 is 23.9 Å². The Morgan fingerprint density at radius 1 is 1.12 bits per heavy atom. The van der Waals surface area contributed by atoms with Gasteiger partial charge in [0.05, 0.1) is 31.2 Å². The summed E-state index contributed by atoms with van der Waals surface area (Å²) in [4.78, 5) is 46.2. The number of halogens is 2. The molecule has 1 aliphatic carbocycles. The average molecular weight is 636 g/mol. The van der Waals surface area contributed by atoms with Crippen LogP contribution >= 0.6 is 24.0 Å². The molecular weight excluding hydrogens is 591 g/mol. The molecule has 6 rings (SSSR count). The van der Waals surface area contributed by atoms with Gasteiger partial charge in [0.15, 0.2) is 0 Å². The van der Waals surface area contributed by atoms with Crippen molar-refractivity contribution in [2.45, 2.75) is 70.2 Å². The molecule has 5 aliphatic rings. The smallest absolute Gasteiger partial charge is 0.246 e. The minimum absolute atomic E-state index is 0. The number of nitrogens with zero attached hydrogens (tertiary/aromatic N) is 2. The zero-order chi connectivity index (χ0) is 29.6. The van der Waals surface area contributed by atoms with Gasteiger partial charge in [-0.25, -0.2) is 0 Å². The topological polar surface area (TPSA) is 100 Å². The second kappa shape index (κ2) is 13.1. The summed E-state index contributed by atoms with van der Waals surface area (Å²) >= 11 is 6.31. The SMILES string of the molecule is Cc1ccc(NC(=O)C2[C@@H]3C=CC4(O3)C(C(=O)NC3CCCC(C)C3C)N(CCCN3CCOCC3)C(=O)[C@H]24)cc1Cl.Cl. The van der Waals surface area contributed by atoms with Crippen LogP contribution in [0.1, 0.15) is 45.1 Å². The van der Waals surface area contributed by atoms with Crippen molar-refractivity contribution >= 4 is 47.4 Å². The fourth-order valence-electron chi connectivity index (χ4n) is 7.74. The number of anilines is 1. The zero-order valence-electron chi connectivity index (χ0n) is 25.2. The highest BCUT2D eigenvalue weighted by Crippen LogP contribution is 2.55. The molecule has 1 aromatic rings. The van der Waals surface area contributed by atoms with E-state index in [-0.39, 0.29) is 36.2 Å². The molecular formula is C32H44Cl2N4O5. The second-order valence-corrected chi connectivity index (χ2v) is 13.3. The molecule has 2 N–H and O–H groups in total. The number of hydrogen-bond donors (Lipinski definition) is 2. The average Bonchev–Trinajstić information content (AvgIpc) is 3.61. The maximum atomic E-state index is 14.2. The lowest BCUT2D eigenvalue weighted by Gasteiger charge is -2.38. The quantitative estimate of drug-likeness (QED) is 0.422. The van der Waals surface area contributed by atoms with E-state index in [1.165, 1.54) is 0 Å². The lowest BCUT2D eigenvalue weighted by atomic mass is 9.73. The fraction of sp³-hybridized carbons (Fsp3) is 0.656. The number of likely N-dealkylation sites (tertiary alicyclic amines) is 1. The molecule has 0 aromatic heterocycles. The van der Waals surface area contributed by atoms with Crippen LogP contribution in [0.25, 0.3) is 0 Å². The molecule has 2 bridgehead atoms. The number of ether oxygens (including phenoxy) is 2. The van der Waals surface area contributed by atoms with Crippen molar-refractivity contribution in [2.24, 2.45) is 23.7 Å². The molecule has 9 nitrogen and oxygen atoms in total. The molecule has 1 saturated carbocycles. The highest BCUT2D eigenvalue weighted by atomic mass is 35.5. The third kappa shape index (κ3) is 5.96. The highest BCUT2D eigenvalue weighted by molar-refractivity contribution is 6.31. The van der Waals surface area contributed by atoms with Gasteiger partial charge in [-0.1, -0.05) is 56.5 Å². The summed E-state index contributed by atoms with van der Waals surface area (Å²) in [5.74, 6) is -1.30. The van der Waals surface area contributed by atoms with E-state index in [9.17, 15) is 14.4 Å². The van der Waals surface area contributed by atoms with Crippen molar-refractivity contribution in [3.8, 4) is 0 Å². The number of hydrogen-bond acceptors (Lipinski definition) is 6. The summed E-state index contributed by atoms with van der Waals surface area (Å²) in [5, 5.41) is 6.84. The number of fused-ring (bicyclic) bond motifs is 1. The predicted octanol–water partition coefficient (Wildman–Crippen LogP) is 3.82. The second-order valence-electron chi connectivity index (χ2n) is 12.9. The number of rotatable bonds is 8. The molecule has 3 saturated heterocycles. The Labute approximate surface area is 265 Å². The zero-order valence-corrected chi connectivity index (χ0v) is 26.8. The Morgan fingerprint density at radius 2 is 1.88 bits per heavy atom.